The molecule has 1 aliphatic rings. The van der Waals surface area contributed by atoms with E-state index in [-0.39, 0.29) is 6.42 Å². The molecule has 3 heterocycles. The average Bonchev–Trinajstić information content (AvgIpc) is 3.03. The van der Waals surface area contributed by atoms with Crippen LogP contribution in [0.5, 0.6) is 0 Å². The van der Waals surface area contributed by atoms with Crippen molar-refractivity contribution in [2.75, 3.05) is 5.32 Å². The number of hydrogen-bond donors (Lipinski definition) is 3. The summed E-state index contributed by atoms with van der Waals surface area (Å²) in [6.45, 7) is 0. The van der Waals surface area contributed by atoms with Crippen LogP contribution in [0.4, 0.5) is 11.6 Å². The average molecular weight is 380 g/mol. The zero-order valence-electron chi connectivity index (χ0n) is 15.1. The molecule has 1 aliphatic carbocycles. The molecule has 1 unspecified atom stereocenters. The minimum atomic E-state index is -1.01. The largest absolute Gasteiger partial charge is 0.481 e. The number of primary amides is 1. The van der Waals surface area contributed by atoms with Crippen molar-refractivity contribution in [3.63, 3.8) is 0 Å². The maximum atomic E-state index is 12.0. The Kier molecular flexibility index (Phi) is 4.42. The summed E-state index contributed by atoms with van der Waals surface area (Å²) in [6.07, 6.45) is 8.48. The molecule has 0 radical (unpaired) electrons. The molecule has 3 aromatic rings. The number of amides is 1. The van der Waals surface area contributed by atoms with Crippen molar-refractivity contribution in [1.29, 1.82) is 0 Å². The molecule has 0 aromatic carbocycles. The number of carbonyl (C=O) groups excluding carboxylic acids is 1. The van der Waals surface area contributed by atoms with Crippen LogP contribution in [0.25, 0.3) is 11.0 Å². The van der Waals surface area contributed by atoms with Crippen molar-refractivity contribution in [3.05, 3.63) is 43.0 Å². The molecule has 9 nitrogen and oxygen atoms in total. The topological polar surface area (TPSA) is 136 Å². The zero-order valence-corrected chi connectivity index (χ0v) is 15.1. The van der Waals surface area contributed by atoms with Crippen LogP contribution in [0.1, 0.15) is 31.7 Å². The molecule has 1 saturated carbocycles. The molecule has 0 spiro atoms. The van der Waals surface area contributed by atoms with Crippen molar-refractivity contribution in [1.82, 2.24) is 19.5 Å². The summed E-state index contributed by atoms with van der Waals surface area (Å²) in [5, 5.41) is 13.7. The SMILES string of the molecule is NC(=O)CC(n1ccc2cnc(Nc3cccnc3)nc21)C1(C(=O)O)CCC1. The van der Waals surface area contributed by atoms with E-state index in [0.717, 1.165) is 17.5 Å². The van der Waals surface area contributed by atoms with Gasteiger partial charge in [0, 0.05) is 30.4 Å². The van der Waals surface area contributed by atoms with Gasteiger partial charge in [-0.15, -0.1) is 0 Å². The van der Waals surface area contributed by atoms with Crippen molar-refractivity contribution in [3.8, 4) is 0 Å². The van der Waals surface area contributed by atoms with Gasteiger partial charge in [-0.25, -0.2) is 4.98 Å². The maximum absolute atomic E-state index is 12.0. The Hall–Kier alpha value is -3.49. The fourth-order valence-electron chi connectivity index (χ4n) is 3.81. The van der Waals surface area contributed by atoms with Crippen LogP contribution in [0, 0.1) is 5.41 Å². The lowest BCUT2D eigenvalue weighted by atomic mass is 9.63. The van der Waals surface area contributed by atoms with E-state index in [2.05, 4.69) is 20.3 Å². The van der Waals surface area contributed by atoms with Gasteiger partial charge in [-0.1, -0.05) is 6.42 Å². The summed E-state index contributed by atoms with van der Waals surface area (Å²) in [5.41, 5.74) is 5.73. The molecule has 4 N–H and O–H groups in total. The molecular weight excluding hydrogens is 360 g/mol. The van der Waals surface area contributed by atoms with Gasteiger partial charge in [0.2, 0.25) is 11.9 Å². The number of anilines is 2. The lowest BCUT2D eigenvalue weighted by Gasteiger charge is -2.44. The van der Waals surface area contributed by atoms with Crippen LogP contribution in [-0.4, -0.2) is 36.5 Å². The molecule has 9 heteroatoms. The molecule has 1 amide bonds. The van der Waals surface area contributed by atoms with E-state index >= 15 is 0 Å². The predicted molar refractivity (Wildman–Crippen MR) is 102 cm³/mol. The lowest BCUT2D eigenvalue weighted by Crippen LogP contribution is -2.46. The van der Waals surface area contributed by atoms with Gasteiger partial charge in [0.05, 0.1) is 23.3 Å². The number of carbonyl (C=O) groups is 2. The minimum Gasteiger partial charge on any atom is -0.481 e. The van der Waals surface area contributed by atoms with Gasteiger partial charge >= 0.3 is 5.97 Å². The molecule has 3 aromatic heterocycles. The summed E-state index contributed by atoms with van der Waals surface area (Å²) >= 11 is 0. The second kappa shape index (κ2) is 6.91. The smallest absolute Gasteiger partial charge is 0.311 e. The van der Waals surface area contributed by atoms with E-state index in [1.165, 1.54) is 0 Å². The minimum absolute atomic E-state index is 0.0640. The normalized spacial score (nSPS) is 16.3. The van der Waals surface area contributed by atoms with Gasteiger partial charge in [-0.05, 0) is 31.0 Å². The Morgan fingerprint density at radius 1 is 1.32 bits per heavy atom. The van der Waals surface area contributed by atoms with Crippen LogP contribution in [-0.2, 0) is 9.59 Å². The summed E-state index contributed by atoms with van der Waals surface area (Å²) in [7, 11) is 0. The van der Waals surface area contributed by atoms with Crippen molar-refractivity contribution in [2.24, 2.45) is 11.1 Å². The number of rotatable bonds is 7. The van der Waals surface area contributed by atoms with Crippen LogP contribution in [0.2, 0.25) is 0 Å². The van der Waals surface area contributed by atoms with Crippen molar-refractivity contribution in [2.45, 2.75) is 31.7 Å². The van der Waals surface area contributed by atoms with Gasteiger partial charge in [0.25, 0.3) is 0 Å². The van der Waals surface area contributed by atoms with E-state index in [0.29, 0.717) is 24.4 Å². The fourth-order valence-corrected chi connectivity index (χ4v) is 3.81. The molecular formula is C19H20N6O3. The molecule has 144 valence electrons. The Bertz CT molecular complexity index is 1030. The van der Waals surface area contributed by atoms with E-state index in [1.54, 1.807) is 35.4 Å². The highest BCUT2D eigenvalue weighted by Crippen LogP contribution is 2.51. The molecule has 4 rings (SSSR count). The number of nitrogens with two attached hydrogens (primary N) is 1. The summed E-state index contributed by atoms with van der Waals surface area (Å²) in [4.78, 5) is 36.7. The van der Waals surface area contributed by atoms with E-state index in [1.807, 2.05) is 12.1 Å². The third-order valence-corrected chi connectivity index (χ3v) is 5.41. The van der Waals surface area contributed by atoms with Gasteiger partial charge in [-0.2, -0.15) is 4.98 Å². The van der Waals surface area contributed by atoms with E-state index in [9.17, 15) is 14.7 Å². The van der Waals surface area contributed by atoms with Crippen LogP contribution in [0.15, 0.2) is 43.0 Å². The highest BCUT2D eigenvalue weighted by atomic mass is 16.4. The molecule has 28 heavy (non-hydrogen) atoms. The first kappa shape index (κ1) is 17.9. The first-order valence-corrected chi connectivity index (χ1v) is 9.02. The first-order chi connectivity index (χ1) is 13.5. The fraction of sp³-hybridized carbons (Fsp3) is 0.316. The van der Waals surface area contributed by atoms with Crippen LogP contribution >= 0.6 is 0 Å². The molecule has 0 bridgehead atoms. The van der Waals surface area contributed by atoms with Gasteiger partial charge in [0.1, 0.15) is 5.65 Å². The van der Waals surface area contributed by atoms with Gasteiger partial charge in [0.15, 0.2) is 0 Å². The monoisotopic (exact) mass is 380 g/mol. The maximum Gasteiger partial charge on any atom is 0.311 e. The standard InChI is InChI=1S/C19H20N6O3/c20-15(26)9-14(19(17(27)28)5-2-6-19)25-8-4-12-10-22-18(24-16(12)25)23-13-3-1-7-21-11-13/h1,3-4,7-8,10-11,14H,2,5-6,9H2,(H2,20,26)(H,27,28)(H,22,23,24). The quantitative estimate of drug-likeness (QED) is 0.572. The Morgan fingerprint density at radius 2 is 2.14 bits per heavy atom. The zero-order chi connectivity index (χ0) is 19.7. The van der Waals surface area contributed by atoms with Crippen molar-refractivity contribution >= 4 is 34.5 Å². The number of nitrogens with zero attached hydrogens (tertiary/aromatic N) is 4. The number of hydrogen-bond acceptors (Lipinski definition) is 6. The Morgan fingerprint density at radius 3 is 2.75 bits per heavy atom. The molecule has 1 atom stereocenters. The number of carboxylic acids is 1. The van der Waals surface area contributed by atoms with Crippen molar-refractivity contribution < 1.29 is 14.7 Å². The molecule has 0 saturated heterocycles. The van der Waals surface area contributed by atoms with Crippen LogP contribution < -0.4 is 11.1 Å². The Labute approximate surface area is 160 Å². The number of aromatic nitrogens is 4. The lowest BCUT2D eigenvalue weighted by molar-refractivity contribution is -0.159. The summed E-state index contributed by atoms with van der Waals surface area (Å²) in [5.74, 6) is -1.09. The van der Waals surface area contributed by atoms with Gasteiger partial charge < -0.3 is 20.7 Å². The van der Waals surface area contributed by atoms with E-state index < -0.39 is 23.3 Å². The first-order valence-electron chi connectivity index (χ1n) is 9.02. The third-order valence-electron chi connectivity index (χ3n) is 5.41. The Balaban J connectivity index is 1.76. The third kappa shape index (κ3) is 3.04. The summed E-state index contributed by atoms with van der Waals surface area (Å²) in [6, 6.07) is 4.84. The molecule has 0 aliphatic heterocycles. The number of aliphatic carboxylic acids is 1. The highest BCUT2D eigenvalue weighted by molar-refractivity contribution is 5.82. The van der Waals surface area contributed by atoms with Gasteiger partial charge in [-0.3, -0.25) is 14.6 Å². The highest BCUT2D eigenvalue weighted by Gasteiger charge is 2.52. The number of carboxylic acid groups (broad SMARTS) is 1. The van der Waals surface area contributed by atoms with E-state index in [4.69, 9.17) is 5.73 Å². The second-order valence-electron chi connectivity index (χ2n) is 7.06. The predicted octanol–water partition coefficient (Wildman–Crippen LogP) is 2.24. The second-order valence-corrected chi connectivity index (χ2v) is 7.06. The number of nitrogens with one attached hydrogen (secondary N) is 1. The molecule has 1 fully saturated rings. The van der Waals surface area contributed by atoms with Crippen LogP contribution in [0.3, 0.4) is 0 Å². The number of pyridine rings is 1. The number of fused-ring (bicyclic) bond motifs is 1. The summed E-state index contributed by atoms with van der Waals surface area (Å²) < 4.78 is 1.75.